The first-order chi connectivity index (χ1) is 8.90. The van der Waals surface area contributed by atoms with E-state index in [1.165, 1.54) is 28.9 Å². The zero-order valence-corrected chi connectivity index (χ0v) is 10.9. The highest BCUT2D eigenvalue weighted by Gasteiger charge is 2.18. The van der Waals surface area contributed by atoms with Gasteiger partial charge in [0.05, 0.1) is 0 Å². The van der Waals surface area contributed by atoms with Crippen molar-refractivity contribution in [1.82, 2.24) is 0 Å². The Morgan fingerprint density at radius 1 is 0.833 bits per heavy atom. The molecule has 1 heteroatoms. The van der Waals surface area contributed by atoms with Gasteiger partial charge in [-0.15, -0.1) is 0 Å². The van der Waals surface area contributed by atoms with E-state index < -0.39 is 0 Å². The number of para-hydroxylation sites is 2. The lowest BCUT2D eigenvalue weighted by Gasteiger charge is -2.26. The largest absolute Gasteiger partial charge is 0.341 e. The number of fused-ring (bicyclic) bond motifs is 2. The molecule has 0 saturated carbocycles. The van der Waals surface area contributed by atoms with Gasteiger partial charge in [-0.3, -0.25) is 0 Å². The number of hydrogen-bond donors (Lipinski definition) is 0. The Kier molecular flexibility index (Phi) is 3.06. The molecule has 0 radical (unpaired) electrons. The van der Waals surface area contributed by atoms with Crippen LogP contribution in [0.5, 0.6) is 0 Å². The number of aryl methyl sites for hydroxylation is 2. The van der Waals surface area contributed by atoms with E-state index in [9.17, 15) is 0 Å². The van der Waals surface area contributed by atoms with Crippen molar-refractivity contribution < 1.29 is 0 Å². The molecule has 0 unspecified atom stereocenters. The van der Waals surface area contributed by atoms with Gasteiger partial charge in [0.25, 0.3) is 0 Å². The number of benzene rings is 2. The second-order valence-corrected chi connectivity index (χ2v) is 4.91. The molecule has 3 rings (SSSR count). The quantitative estimate of drug-likeness (QED) is 0.751. The van der Waals surface area contributed by atoms with Crippen molar-refractivity contribution in [3.8, 4) is 0 Å². The molecule has 1 aliphatic rings. The van der Waals surface area contributed by atoms with Crippen LogP contribution in [0.4, 0.5) is 11.4 Å². The average Bonchev–Trinajstić information content (AvgIpc) is 2.58. The van der Waals surface area contributed by atoms with Crippen molar-refractivity contribution in [3.63, 3.8) is 0 Å². The molecule has 1 aliphatic heterocycles. The highest BCUT2D eigenvalue weighted by Crippen LogP contribution is 2.35. The van der Waals surface area contributed by atoms with Gasteiger partial charge in [0, 0.05) is 17.9 Å². The SMILES string of the molecule is CCCN1c2ccccc2CCc2ccccc21. The molecule has 92 valence electrons. The van der Waals surface area contributed by atoms with Gasteiger partial charge in [0.1, 0.15) is 0 Å². The molecule has 0 amide bonds. The van der Waals surface area contributed by atoms with Gasteiger partial charge < -0.3 is 4.90 Å². The monoisotopic (exact) mass is 237 g/mol. The Morgan fingerprint density at radius 2 is 1.33 bits per heavy atom. The van der Waals surface area contributed by atoms with E-state index in [-0.39, 0.29) is 0 Å². The Labute approximate surface area is 109 Å². The second kappa shape index (κ2) is 4.85. The number of nitrogens with zero attached hydrogens (tertiary/aromatic N) is 1. The Morgan fingerprint density at radius 3 is 1.83 bits per heavy atom. The Balaban J connectivity index is 2.15. The van der Waals surface area contributed by atoms with Crippen LogP contribution >= 0.6 is 0 Å². The van der Waals surface area contributed by atoms with Crippen molar-refractivity contribution in [2.24, 2.45) is 0 Å². The van der Waals surface area contributed by atoms with Gasteiger partial charge in [-0.05, 0) is 42.5 Å². The Bertz CT molecular complexity index is 497. The summed E-state index contributed by atoms with van der Waals surface area (Å²) in [5.74, 6) is 0. The van der Waals surface area contributed by atoms with Crippen molar-refractivity contribution in [2.45, 2.75) is 26.2 Å². The fourth-order valence-corrected chi connectivity index (χ4v) is 2.83. The zero-order valence-electron chi connectivity index (χ0n) is 10.9. The lowest BCUT2D eigenvalue weighted by atomic mass is 10.0. The van der Waals surface area contributed by atoms with E-state index in [0.29, 0.717) is 0 Å². The predicted molar refractivity (Wildman–Crippen MR) is 77.6 cm³/mol. The average molecular weight is 237 g/mol. The third-order valence-corrected chi connectivity index (χ3v) is 3.68. The molecule has 0 aliphatic carbocycles. The van der Waals surface area contributed by atoms with E-state index in [2.05, 4.69) is 60.4 Å². The molecule has 0 bridgehead atoms. The van der Waals surface area contributed by atoms with E-state index >= 15 is 0 Å². The van der Waals surface area contributed by atoms with E-state index in [0.717, 1.165) is 19.4 Å². The van der Waals surface area contributed by atoms with Gasteiger partial charge in [-0.1, -0.05) is 43.3 Å². The molecule has 0 N–H and O–H groups in total. The van der Waals surface area contributed by atoms with Crippen LogP contribution in [0.3, 0.4) is 0 Å². The summed E-state index contributed by atoms with van der Waals surface area (Å²) in [5.41, 5.74) is 5.73. The minimum Gasteiger partial charge on any atom is -0.341 e. The first-order valence-electron chi connectivity index (χ1n) is 6.83. The highest BCUT2D eigenvalue weighted by atomic mass is 15.1. The van der Waals surface area contributed by atoms with Crippen LogP contribution in [-0.4, -0.2) is 6.54 Å². The fourth-order valence-electron chi connectivity index (χ4n) is 2.83. The predicted octanol–water partition coefficient (Wildman–Crippen LogP) is 4.33. The van der Waals surface area contributed by atoms with Gasteiger partial charge in [0.15, 0.2) is 0 Å². The summed E-state index contributed by atoms with van der Waals surface area (Å²) in [5, 5.41) is 0. The maximum absolute atomic E-state index is 2.48. The third kappa shape index (κ3) is 1.90. The van der Waals surface area contributed by atoms with E-state index in [4.69, 9.17) is 0 Å². The van der Waals surface area contributed by atoms with Crippen molar-refractivity contribution >= 4 is 11.4 Å². The molecule has 2 aromatic rings. The van der Waals surface area contributed by atoms with Crippen LogP contribution in [0, 0.1) is 0 Å². The summed E-state index contributed by atoms with van der Waals surface area (Å²) < 4.78 is 0. The lowest BCUT2D eigenvalue weighted by molar-refractivity contribution is 0.883. The zero-order chi connectivity index (χ0) is 12.4. The molecule has 0 fully saturated rings. The normalized spacial score (nSPS) is 13.7. The van der Waals surface area contributed by atoms with Gasteiger partial charge in [-0.25, -0.2) is 0 Å². The molecular weight excluding hydrogens is 218 g/mol. The minimum atomic E-state index is 1.09. The Hall–Kier alpha value is -1.76. The van der Waals surface area contributed by atoms with Crippen LogP contribution in [0.2, 0.25) is 0 Å². The van der Waals surface area contributed by atoms with Crippen LogP contribution in [-0.2, 0) is 12.8 Å². The van der Waals surface area contributed by atoms with Crippen molar-refractivity contribution in [1.29, 1.82) is 0 Å². The number of rotatable bonds is 2. The molecule has 2 aromatic carbocycles. The summed E-state index contributed by atoms with van der Waals surface area (Å²) in [6, 6.07) is 17.6. The smallest absolute Gasteiger partial charge is 0.0443 e. The van der Waals surface area contributed by atoms with Crippen LogP contribution in [0.25, 0.3) is 0 Å². The summed E-state index contributed by atoms with van der Waals surface area (Å²) in [6.07, 6.45) is 3.46. The molecule has 1 nitrogen and oxygen atoms in total. The molecule has 18 heavy (non-hydrogen) atoms. The van der Waals surface area contributed by atoms with Gasteiger partial charge in [-0.2, -0.15) is 0 Å². The fraction of sp³-hybridized carbons (Fsp3) is 0.294. The highest BCUT2D eigenvalue weighted by molar-refractivity contribution is 5.70. The van der Waals surface area contributed by atoms with Gasteiger partial charge >= 0.3 is 0 Å². The van der Waals surface area contributed by atoms with Crippen LogP contribution in [0.15, 0.2) is 48.5 Å². The first kappa shape index (κ1) is 11.3. The van der Waals surface area contributed by atoms with E-state index in [1.807, 2.05) is 0 Å². The van der Waals surface area contributed by atoms with Crippen LogP contribution < -0.4 is 4.90 Å². The minimum absolute atomic E-state index is 1.09. The maximum Gasteiger partial charge on any atom is 0.0443 e. The third-order valence-electron chi connectivity index (χ3n) is 3.68. The molecule has 0 saturated heterocycles. The topological polar surface area (TPSA) is 3.24 Å². The summed E-state index contributed by atoms with van der Waals surface area (Å²) in [7, 11) is 0. The second-order valence-electron chi connectivity index (χ2n) is 4.91. The number of hydrogen-bond acceptors (Lipinski definition) is 1. The maximum atomic E-state index is 2.48. The van der Waals surface area contributed by atoms with Gasteiger partial charge in [0.2, 0.25) is 0 Å². The van der Waals surface area contributed by atoms with Crippen molar-refractivity contribution in [2.75, 3.05) is 11.4 Å². The summed E-state index contributed by atoms with van der Waals surface area (Å²) in [4.78, 5) is 2.48. The number of anilines is 2. The molecule has 0 aromatic heterocycles. The molecule has 0 atom stereocenters. The first-order valence-corrected chi connectivity index (χ1v) is 6.83. The van der Waals surface area contributed by atoms with Crippen molar-refractivity contribution in [3.05, 3.63) is 59.7 Å². The van der Waals surface area contributed by atoms with Crippen LogP contribution in [0.1, 0.15) is 24.5 Å². The lowest BCUT2D eigenvalue weighted by Crippen LogP contribution is -2.18. The molecule has 1 heterocycles. The summed E-state index contributed by atoms with van der Waals surface area (Å²) in [6.45, 7) is 3.34. The summed E-state index contributed by atoms with van der Waals surface area (Å²) >= 11 is 0. The molecular formula is C17H19N. The van der Waals surface area contributed by atoms with E-state index in [1.54, 1.807) is 0 Å². The molecule has 0 spiro atoms. The standard InChI is InChI=1S/C17H19N/c1-2-13-18-16-9-5-3-7-14(16)11-12-15-8-4-6-10-17(15)18/h3-10H,2,11-13H2,1H3.